The molecule has 15 aromatic carbocycles. The normalized spacial score (nSPS) is 12.5. The first-order valence-electron chi connectivity index (χ1n) is 33.4. The van der Waals surface area contributed by atoms with Crippen molar-refractivity contribution in [2.75, 3.05) is 14.7 Å². The summed E-state index contributed by atoms with van der Waals surface area (Å²) in [7, 11) is 0. The zero-order chi connectivity index (χ0) is 63.7. The van der Waals surface area contributed by atoms with E-state index in [2.05, 4.69) is 386 Å². The molecule has 18 aromatic rings. The van der Waals surface area contributed by atoms with E-state index in [1.165, 1.54) is 54.4 Å². The average Bonchev–Trinajstić information content (AvgIpc) is 1.46. The number of nitrogens with zero attached hydrogens (tertiary/aromatic N) is 6. The third-order valence-electron chi connectivity index (χ3n) is 20.4. The summed E-state index contributed by atoms with van der Waals surface area (Å²) < 4.78 is 7.42. The molecular formula is C90H59BN6. The van der Waals surface area contributed by atoms with E-state index in [9.17, 15) is 0 Å². The fourth-order valence-corrected chi connectivity index (χ4v) is 16.4. The van der Waals surface area contributed by atoms with Crippen LogP contribution in [-0.2, 0) is 0 Å². The van der Waals surface area contributed by atoms with Gasteiger partial charge in [-0.3, -0.25) is 0 Å². The fourth-order valence-electron chi connectivity index (χ4n) is 16.4. The van der Waals surface area contributed by atoms with Gasteiger partial charge in [0, 0.05) is 66.4 Å². The first-order valence-corrected chi connectivity index (χ1v) is 33.4. The SMILES string of the molecule is c1ccc(-c2ccc3c(c2)B2c4cc(-c5ccccc5)ccc4N(c4ccccc4-n4c5ccccc5c5ccccc54)c4cc(N(c5ccccc5)c5cccc6c5c5ccccc5n6-c5ccccc5)cc(c42)N3c2ccccc2-n2c3ccccc3c3ccccc32)cc1. The van der Waals surface area contributed by atoms with Crippen LogP contribution in [0.3, 0.4) is 0 Å². The third-order valence-corrected chi connectivity index (χ3v) is 20.4. The summed E-state index contributed by atoms with van der Waals surface area (Å²) in [5, 5.41) is 7.18. The predicted molar refractivity (Wildman–Crippen MR) is 409 cm³/mol. The minimum atomic E-state index is -0.248. The molecular weight excluding hydrogens is 1180 g/mol. The summed E-state index contributed by atoms with van der Waals surface area (Å²) in [6.07, 6.45) is 0. The zero-order valence-electron chi connectivity index (χ0n) is 52.8. The number of aromatic nitrogens is 3. The molecule has 0 unspecified atom stereocenters. The van der Waals surface area contributed by atoms with E-state index in [0.29, 0.717) is 0 Å². The zero-order valence-corrected chi connectivity index (χ0v) is 52.8. The van der Waals surface area contributed by atoms with Crippen LogP contribution in [0.25, 0.3) is 105 Å². The van der Waals surface area contributed by atoms with Crippen LogP contribution < -0.4 is 31.1 Å². The summed E-state index contributed by atoms with van der Waals surface area (Å²) in [4.78, 5) is 7.78. The van der Waals surface area contributed by atoms with Crippen LogP contribution >= 0.6 is 0 Å². The maximum absolute atomic E-state index is 2.62. The van der Waals surface area contributed by atoms with E-state index in [1.807, 2.05) is 0 Å². The molecule has 0 saturated carbocycles. The van der Waals surface area contributed by atoms with Crippen molar-refractivity contribution in [1.29, 1.82) is 0 Å². The second-order valence-electron chi connectivity index (χ2n) is 25.5. The molecule has 6 nitrogen and oxygen atoms in total. The van der Waals surface area contributed by atoms with Crippen LogP contribution in [-0.4, -0.2) is 20.4 Å². The molecule has 7 heteroatoms. The molecule has 5 heterocycles. The predicted octanol–water partition coefficient (Wildman–Crippen LogP) is 21.9. The molecule has 0 amide bonds. The van der Waals surface area contributed by atoms with Gasteiger partial charge in [-0.05, 0) is 154 Å². The van der Waals surface area contributed by atoms with Crippen LogP contribution in [0.5, 0.6) is 0 Å². The minimum absolute atomic E-state index is 0.248. The fraction of sp³-hybridized carbons (Fsp3) is 0. The average molecular weight is 1240 g/mol. The molecule has 0 saturated heterocycles. The van der Waals surface area contributed by atoms with Gasteiger partial charge in [0.1, 0.15) is 0 Å². The highest BCUT2D eigenvalue weighted by Crippen LogP contribution is 2.53. The number of hydrogen-bond acceptors (Lipinski definition) is 3. The molecule has 3 aromatic heterocycles. The number of hydrogen-bond donors (Lipinski definition) is 0. The van der Waals surface area contributed by atoms with Gasteiger partial charge in [-0.1, -0.05) is 243 Å². The second-order valence-corrected chi connectivity index (χ2v) is 25.5. The topological polar surface area (TPSA) is 24.5 Å². The largest absolute Gasteiger partial charge is 0.310 e. The molecule has 20 rings (SSSR count). The Kier molecular flexibility index (Phi) is 12.3. The van der Waals surface area contributed by atoms with Crippen molar-refractivity contribution in [3.8, 4) is 39.3 Å². The summed E-state index contributed by atoms with van der Waals surface area (Å²) in [6.45, 7) is -0.248. The van der Waals surface area contributed by atoms with E-state index < -0.39 is 0 Å². The maximum Gasteiger partial charge on any atom is 0.252 e. The Morgan fingerprint density at radius 2 is 0.598 bits per heavy atom. The van der Waals surface area contributed by atoms with Gasteiger partial charge in [0.05, 0.1) is 67.2 Å². The molecule has 0 bridgehead atoms. The Balaban J connectivity index is 0.954. The lowest BCUT2D eigenvalue weighted by molar-refractivity contribution is 1.14. The van der Waals surface area contributed by atoms with Crippen LogP contribution in [0, 0.1) is 0 Å². The van der Waals surface area contributed by atoms with E-state index in [-0.39, 0.29) is 6.71 Å². The van der Waals surface area contributed by atoms with Gasteiger partial charge >= 0.3 is 0 Å². The Morgan fingerprint density at radius 3 is 1.06 bits per heavy atom. The third kappa shape index (κ3) is 8.35. The Bertz CT molecular complexity index is 5790. The van der Waals surface area contributed by atoms with Crippen molar-refractivity contribution >= 4 is 140 Å². The van der Waals surface area contributed by atoms with Gasteiger partial charge in [-0.2, -0.15) is 0 Å². The molecule has 2 aliphatic heterocycles. The lowest BCUT2D eigenvalue weighted by atomic mass is 9.33. The van der Waals surface area contributed by atoms with E-state index >= 15 is 0 Å². The number of para-hydroxylation sites is 11. The number of benzene rings is 15. The van der Waals surface area contributed by atoms with Crippen molar-refractivity contribution in [3.05, 3.63) is 358 Å². The van der Waals surface area contributed by atoms with Crippen LogP contribution in [0.2, 0.25) is 0 Å². The Hall–Kier alpha value is -12.8. The van der Waals surface area contributed by atoms with Gasteiger partial charge in [-0.25, -0.2) is 0 Å². The molecule has 0 fully saturated rings. The number of fused-ring (bicyclic) bond motifs is 13. The molecule has 452 valence electrons. The van der Waals surface area contributed by atoms with Gasteiger partial charge in [-0.15, -0.1) is 0 Å². The summed E-state index contributed by atoms with van der Waals surface area (Å²) >= 11 is 0. The molecule has 0 aliphatic carbocycles. The Morgan fingerprint density at radius 1 is 0.227 bits per heavy atom. The monoisotopic (exact) mass is 1230 g/mol. The van der Waals surface area contributed by atoms with E-state index in [0.717, 1.165) is 118 Å². The number of anilines is 9. The van der Waals surface area contributed by atoms with Crippen molar-refractivity contribution < 1.29 is 0 Å². The van der Waals surface area contributed by atoms with Crippen LogP contribution in [0.1, 0.15) is 0 Å². The highest BCUT2D eigenvalue weighted by molar-refractivity contribution is 7.00. The molecule has 0 spiro atoms. The van der Waals surface area contributed by atoms with Crippen molar-refractivity contribution in [3.63, 3.8) is 0 Å². The smallest absolute Gasteiger partial charge is 0.252 e. The summed E-state index contributed by atoms with van der Waals surface area (Å²) in [5.74, 6) is 0. The molecule has 0 radical (unpaired) electrons. The standard InChI is InChI=1S/C90H59BN6/c1-5-28-60(29-6-1)62-52-54-79-72(56-62)91-73-57-63(61-30-7-2-8-31-61)53-55-80(73)97(84-49-26-24-47-82(84)95-76-43-20-15-38-69(76)70-39-16-21-44-77(70)95)88-59-66(58-87(90(88)91)96(79)83-48-25-23-46-81(83)94-74-41-18-13-36-67(74)68-37-14-19-42-75(68)94)92(64-32-9-3-10-33-64)85-50-27-51-86-89(85)71-40-17-22-45-78(71)93(86)65-34-11-4-12-35-65/h1-59H. The molecule has 0 N–H and O–H groups in total. The van der Waals surface area contributed by atoms with E-state index in [4.69, 9.17) is 0 Å². The lowest BCUT2D eigenvalue weighted by Crippen LogP contribution is -2.61. The lowest BCUT2D eigenvalue weighted by Gasteiger charge is -2.45. The first kappa shape index (κ1) is 54.7. The highest BCUT2D eigenvalue weighted by atomic mass is 15.2. The van der Waals surface area contributed by atoms with Gasteiger partial charge in [0.25, 0.3) is 6.71 Å². The van der Waals surface area contributed by atoms with Crippen molar-refractivity contribution in [1.82, 2.24) is 13.7 Å². The van der Waals surface area contributed by atoms with Crippen molar-refractivity contribution in [2.45, 2.75) is 0 Å². The van der Waals surface area contributed by atoms with Crippen LogP contribution in [0.4, 0.5) is 51.2 Å². The second kappa shape index (κ2) is 21.9. The summed E-state index contributed by atoms with van der Waals surface area (Å²) in [6, 6.07) is 133. The van der Waals surface area contributed by atoms with Gasteiger partial charge < -0.3 is 28.4 Å². The first-order chi connectivity index (χ1) is 48.2. The van der Waals surface area contributed by atoms with Crippen molar-refractivity contribution in [2.24, 2.45) is 0 Å². The Labute approximate surface area is 561 Å². The minimum Gasteiger partial charge on any atom is -0.310 e. The summed E-state index contributed by atoms with van der Waals surface area (Å²) in [5.41, 5.74) is 28.1. The molecule has 0 atom stereocenters. The van der Waals surface area contributed by atoms with Crippen LogP contribution in [0.15, 0.2) is 358 Å². The molecule has 97 heavy (non-hydrogen) atoms. The van der Waals surface area contributed by atoms with E-state index in [1.54, 1.807) is 0 Å². The van der Waals surface area contributed by atoms with Gasteiger partial charge in [0.2, 0.25) is 0 Å². The number of rotatable bonds is 10. The maximum atomic E-state index is 2.62. The highest BCUT2D eigenvalue weighted by Gasteiger charge is 2.45. The molecule has 2 aliphatic rings. The quantitative estimate of drug-likeness (QED) is 0.128. The van der Waals surface area contributed by atoms with Gasteiger partial charge in [0.15, 0.2) is 0 Å².